The number of nitrogens with two attached hydrogens (primary N) is 1. The van der Waals surface area contributed by atoms with Crippen molar-refractivity contribution >= 4 is 5.71 Å². The number of hydrogen-bond donors (Lipinski definition) is 1. The van der Waals surface area contributed by atoms with Crippen molar-refractivity contribution in [3.63, 3.8) is 0 Å². The molecule has 0 bridgehead atoms. The molecule has 1 unspecified atom stereocenters. The Morgan fingerprint density at radius 2 is 2.55 bits per heavy atom. The second-order valence-corrected chi connectivity index (χ2v) is 2.92. The fraction of sp³-hybridized carbons (Fsp3) is 0.875. The van der Waals surface area contributed by atoms with Crippen LogP contribution in [-0.4, -0.2) is 18.4 Å². The highest BCUT2D eigenvalue weighted by Crippen LogP contribution is 2.15. The van der Waals surface area contributed by atoms with E-state index in [1.807, 2.05) is 0 Å². The van der Waals surface area contributed by atoms with Gasteiger partial charge in [-0.25, -0.2) is 0 Å². The Kier molecular flexibility index (Phi) is 3.36. The summed E-state index contributed by atoms with van der Waals surface area (Å²) in [4.78, 5) is 5.17. The van der Waals surface area contributed by atoms with E-state index in [1.54, 1.807) is 0 Å². The topological polar surface area (TPSA) is 47.6 Å². The molecule has 0 fully saturated rings. The van der Waals surface area contributed by atoms with Crippen LogP contribution in [0.2, 0.25) is 0 Å². The molecule has 11 heavy (non-hydrogen) atoms. The van der Waals surface area contributed by atoms with E-state index < -0.39 is 0 Å². The monoisotopic (exact) mass is 156 g/mol. The van der Waals surface area contributed by atoms with E-state index in [0.717, 1.165) is 25.7 Å². The van der Waals surface area contributed by atoms with Crippen LogP contribution >= 0.6 is 0 Å². The summed E-state index contributed by atoms with van der Waals surface area (Å²) >= 11 is 0. The Hall–Kier alpha value is -0.570. The molecule has 0 amide bonds. The third kappa shape index (κ3) is 2.50. The molecule has 0 radical (unpaired) electrons. The van der Waals surface area contributed by atoms with Crippen molar-refractivity contribution < 1.29 is 4.84 Å². The Labute approximate surface area is 67.6 Å². The van der Waals surface area contributed by atoms with Gasteiger partial charge in [0.15, 0.2) is 0 Å². The molecule has 3 nitrogen and oxygen atoms in total. The van der Waals surface area contributed by atoms with Gasteiger partial charge in [0.25, 0.3) is 0 Å². The van der Waals surface area contributed by atoms with Gasteiger partial charge < -0.3 is 10.6 Å². The van der Waals surface area contributed by atoms with Gasteiger partial charge >= 0.3 is 0 Å². The molecule has 1 atom stereocenters. The summed E-state index contributed by atoms with van der Waals surface area (Å²) in [5, 5.41) is 3.99. The normalized spacial score (nSPS) is 23.1. The highest BCUT2D eigenvalue weighted by atomic mass is 16.6. The first kappa shape index (κ1) is 8.53. The van der Waals surface area contributed by atoms with Crippen molar-refractivity contribution in [1.82, 2.24) is 0 Å². The Balaban J connectivity index is 2.19. The lowest BCUT2D eigenvalue weighted by Gasteiger charge is -2.03. The van der Waals surface area contributed by atoms with Crippen LogP contribution in [0, 0.1) is 0 Å². The molecule has 1 aliphatic heterocycles. The van der Waals surface area contributed by atoms with E-state index in [4.69, 9.17) is 10.6 Å². The third-order valence-corrected chi connectivity index (χ3v) is 1.82. The SMILES string of the molecule is CCCC1=NOC(CCN)C1. The maximum absolute atomic E-state index is 5.40. The van der Waals surface area contributed by atoms with Crippen LogP contribution in [0.3, 0.4) is 0 Å². The molecular weight excluding hydrogens is 140 g/mol. The third-order valence-electron chi connectivity index (χ3n) is 1.82. The smallest absolute Gasteiger partial charge is 0.134 e. The summed E-state index contributed by atoms with van der Waals surface area (Å²) in [5.74, 6) is 0. The number of oxime groups is 1. The van der Waals surface area contributed by atoms with Gasteiger partial charge in [0, 0.05) is 6.42 Å². The van der Waals surface area contributed by atoms with Crippen LogP contribution in [0.4, 0.5) is 0 Å². The van der Waals surface area contributed by atoms with Crippen molar-refractivity contribution in [1.29, 1.82) is 0 Å². The van der Waals surface area contributed by atoms with E-state index >= 15 is 0 Å². The second-order valence-electron chi connectivity index (χ2n) is 2.92. The number of rotatable bonds is 4. The van der Waals surface area contributed by atoms with E-state index in [9.17, 15) is 0 Å². The van der Waals surface area contributed by atoms with Crippen molar-refractivity contribution in [2.75, 3.05) is 6.54 Å². The lowest BCUT2D eigenvalue weighted by molar-refractivity contribution is 0.0810. The molecule has 0 aliphatic carbocycles. The number of hydrogen-bond acceptors (Lipinski definition) is 3. The summed E-state index contributed by atoms with van der Waals surface area (Å²) in [5.41, 5.74) is 6.60. The highest BCUT2D eigenvalue weighted by molar-refractivity contribution is 5.85. The minimum absolute atomic E-state index is 0.265. The lowest BCUT2D eigenvalue weighted by atomic mass is 10.1. The molecule has 0 saturated heterocycles. The summed E-state index contributed by atoms with van der Waals surface area (Å²) < 4.78 is 0. The van der Waals surface area contributed by atoms with Crippen LogP contribution in [0.5, 0.6) is 0 Å². The largest absolute Gasteiger partial charge is 0.392 e. The maximum atomic E-state index is 5.40. The van der Waals surface area contributed by atoms with Crippen LogP contribution in [0.25, 0.3) is 0 Å². The predicted molar refractivity (Wildman–Crippen MR) is 45.5 cm³/mol. The number of nitrogens with zero attached hydrogens (tertiary/aromatic N) is 1. The summed E-state index contributed by atoms with van der Waals surface area (Å²) in [6, 6.07) is 0. The maximum Gasteiger partial charge on any atom is 0.134 e. The lowest BCUT2D eigenvalue weighted by Crippen LogP contribution is -2.13. The van der Waals surface area contributed by atoms with Crippen molar-refractivity contribution in [2.45, 2.75) is 38.7 Å². The molecule has 0 saturated carbocycles. The zero-order valence-corrected chi connectivity index (χ0v) is 7.05. The van der Waals surface area contributed by atoms with Crippen molar-refractivity contribution in [3.8, 4) is 0 Å². The Bertz CT molecular complexity index is 145. The van der Waals surface area contributed by atoms with Gasteiger partial charge in [0.1, 0.15) is 6.10 Å². The molecule has 0 aromatic rings. The standard InChI is InChI=1S/C8H16N2O/c1-2-3-7-6-8(4-5-9)11-10-7/h8H,2-6,9H2,1H3. The van der Waals surface area contributed by atoms with E-state index in [0.29, 0.717) is 6.54 Å². The molecule has 1 aliphatic rings. The second kappa shape index (κ2) is 4.34. The Morgan fingerprint density at radius 1 is 1.73 bits per heavy atom. The quantitative estimate of drug-likeness (QED) is 0.666. The molecule has 0 spiro atoms. The summed E-state index contributed by atoms with van der Waals surface area (Å²) in [6.45, 7) is 2.85. The molecule has 0 aromatic heterocycles. The first-order chi connectivity index (χ1) is 5.36. The van der Waals surface area contributed by atoms with Gasteiger partial charge in [0.2, 0.25) is 0 Å². The van der Waals surface area contributed by atoms with Crippen molar-refractivity contribution in [3.05, 3.63) is 0 Å². The minimum atomic E-state index is 0.265. The molecular formula is C8H16N2O. The molecule has 64 valence electrons. The molecule has 0 aromatic carbocycles. The average molecular weight is 156 g/mol. The fourth-order valence-electron chi connectivity index (χ4n) is 1.26. The van der Waals surface area contributed by atoms with Gasteiger partial charge in [0.05, 0.1) is 5.71 Å². The van der Waals surface area contributed by atoms with Crippen LogP contribution in [-0.2, 0) is 4.84 Å². The van der Waals surface area contributed by atoms with Crippen LogP contribution < -0.4 is 5.73 Å². The first-order valence-electron chi connectivity index (χ1n) is 4.28. The van der Waals surface area contributed by atoms with Crippen molar-refractivity contribution in [2.24, 2.45) is 10.9 Å². The van der Waals surface area contributed by atoms with Gasteiger partial charge in [-0.2, -0.15) is 0 Å². The van der Waals surface area contributed by atoms with E-state index in [2.05, 4.69) is 12.1 Å². The average Bonchev–Trinajstić information content (AvgIpc) is 2.38. The predicted octanol–water partition coefficient (Wildman–Crippen LogP) is 1.28. The molecule has 1 rings (SSSR count). The summed E-state index contributed by atoms with van der Waals surface area (Å²) in [7, 11) is 0. The van der Waals surface area contributed by atoms with E-state index in [1.165, 1.54) is 5.71 Å². The zero-order chi connectivity index (χ0) is 8.10. The molecule has 2 N–H and O–H groups in total. The van der Waals surface area contributed by atoms with Crippen LogP contribution in [0.15, 0.2) is 5.16 Å². The van der Waals surface area contributed by atoms with Crippen LogP contribution in [0.1, 0.15) is 32.6 Å². The van der Waals surface area contributed by atoms with Gasteiger partial charge in [-0.15, -0.1) is 0 Å². The fourth-order valence-corrected chi connectivity index (χ4v) is 1.26. The highest BCUT2D eigenvalue weighted by Gasteiger charge is 2.18. The first-order valence-corrected chi connectivity index (χ1v) is 4.28. The zero-order valence-electron chi connectivity index (χ0n) is 7.05. The van der Waals surface area contributed by atoms with Gasteiger partial charge in [-0.05, 0) is 19.4 Å². The Morgan fingerprint density at radius 3 is 3.18 bits per heavy atom. The van der Waals surface area contributed by atoms with Gasteiger partial charge in [-0.3, -0.25) is 0 Å². The molecule has 3 heteroatoms. The minimum Gasteiger partial charge on any atom is -0.392 e. The summed E-state index contributed by atoms with van der Waals surface area (Å²) in [6.07, 6.45) is 4.40. The van der Waals surface area contributed by atoms with E-state index in [-0.39, 0.29) is 6.10 Å². The molecule has 1 heterocycles. The van der Waals surface area contributed by atoms with Gasteiger partial charge in [-0.1, -0.05) is 18.5 Å².